The molecule has 3 aromatic heterocycles. The molecule has 3 heterocycles. The van der Waals surface area contributed by atoms with Crippen molar-refractivity contribution >= 4 is 22.6 Å². The number of pyridine rings is 2. The van der Waals surface area contributed by atoms with Crippen molar-refractivity contribution in [3.8, 4) is 17.3 Å². The van der Waals surface area contributed by atoms with E-state index in [-0.39, 0.29) is 28.7 Å². The summed E-state index contributed by atoms with van der Waals surface area (Å²) in [6.45, 7) is 4.72. The van der Waals surface area contributed by atoms with Gasteiger partial charge < -0.3 is 10.6 Å². The van der Waals surface area contributed by atoms with E-state index in [1.807, 2.05) is 0 Å². The molecule has 0 aliphatic carbocycles. The van der Waals surface area contributed by atoms with E-state index in [1.165, 1.54) is 37.9 Å². The third-order valence-electron chi connectivity index (χ3n) is 6.12. The van der Waals surface area contributed by atoms with E-state index in [2.05, 4.69) is 50.5 Å². The molecule has 2 atom stereocenters. The summed E-state index contributed by atoms with van der Waals surface area (Å²) in [7, 11) is 1.52. The molecular weight excluding hydrogens is 445 g/mol. The van der Waals surface area contributed by atoms with Crippen molar-refractivity contribution in [2.24, 2.45) is 5.92 Å². The van der Waals surface area contributed by atoms with E-state index in [0.717, 1.165) is 11.1 Å². The zero-order valence-electron chi connectivity index (χ0n) is 19.6. The Hall–Kier alpha value is -4.45. The zero-order valence-corrected chi connectivity index (χ0v) is 19.6. The molecule has 9 heteroatoms. The number of aromatic nitrogens is 4. The SMILES string of the molecule is CNC(=O)c1ccnc2c(C(C)C(C)CNc3cc(-c4cncc(C#N)c4)ncn3)ccc(F)c12. The minimum atomic E-state index is -0.475. The molecule has 1 amide bonds. The summed E-state index contributed by atoms with van der Waals surface area (Å²) >= 11 is 0. The number of amides is 1. The Kier molecular flexibility index (Phi) is 6.92. The Bertz CT molecular complexity index is 1430. The monoisotopic (exact) mass is 469 g/mol. The highest BCUT2D eigenvalue weighted by molar-refractivity contribution is 6.06. The van der Waals surface area contributed by atoms with Gasteiger partial charge in [0.25, 0.3) is 5.91 Å². The number of nitriles is 1. The van der Waals surface area contributed by atoms with Gasteiger partial charge in [0.05, 0.1) is 22.3 Å². The van der Waals surface area contributed by atoms with Crippen LogP contribution in [-0.4, -0.2) is 39.4 Å². The van der Waals surface area contributed by atoms with Gasteiger partial charge in [-0.25, -0.2) is 14.4 Å². The number of hydrogen-bond acceptors (Lipinski definition) is 7. The first-order valence-electron chi connectivity index (χ1n) is 11.1. The largest absolute Gasteiger partial charge is 0.370 e. The van der Waals surface area contributed by atoms with Crippen LogP contribution in [0.1, 0.15) is 41.3 Å². The first-order valence-corrected chi connectivity index (χ1v) is 11.1. The Morgan fingerprint density at radius 3 is 2.74 bits per heavy atom. The normalized spacial score (nSPS) is 12.5. The van der Waals surface area contributed by atoms with Crippen molar-refractivity contribution in [1.82, 2.24) is 25.3 Å². The summed E-state index contributed by atoms with van der Waals surface area (Å²) in [6.07, 6.45) is 6.14. The van der Waals surface area contributed by atoms with Crippen molar-refractivity contribution in [3.63, 3.8) is 0 Å². The maximum Gasteiger partial charge on any atom is 0.251 e. The molecule has 35 heavy (non-hydrogen) atoms. The van der Waals surface area contributed by atoms with Crippen LogP contribution in [-0.2, 0) is 0 Å². The fourth-order valence-corrected chi connectivity index (χ4v) is 3.94. The van der Waals surface area contributed by atoms with Gasteiger partial charge in [-0.15, -0.1) is 0 Å². The van der Waals surface area contributed by atoms with Gasteiger partial charge in [-0.1, -0.05) is 19.9 Å². The summed E-state index contributed by atoms with van der Waals surface area (Å²) in [5.41, 5.74) is 3.45. The maximum atomic E-state index is 14.7. The number of carbonyl (C=O) groups excluding carboxylic acids is 1. The van der Waals surface area contributed by atoms with Crippen molar-refractivity contribution < 1.29 is 9.18 Å². The molecule has 0 bridgehead atoms. The van der Waals surface area contributed by atoms with Crippen molar-refractivity contribution in [2.75, 3.05) is 18.9 Å². The highest BCUT2D eigenvalue weighted by Gasteiger charge is 2.22. The minimum absolute atomic E-state index is 0.0101. The second kappa shape index (κ2) is 10.2. The zero-order chi connectivity index (χ0) is 24.9. The molecule has 2 N–H and O–H groups in total. The predicted octanol–water partition coefficient (Wildman–Crippen LogP) is 4.31. The molecule has 4 rings (SSSR count). The second-order valence-electron chi connectivity index (χ2n) is 8.31. The summed E-state index contributed by atoms with van der Waals surface area (Å²) in [4.78, 5) is 29.4. The average Bonchev–Trinajstić information content (AvgIpc) is 2.91. The molecule has 0 fully saturated rings. The van der Waals surface area contributed by atoms with Crippen molar-refractivity contribution in [3.05, 3.63) is 77.8 Å². The summed E-state index contributed by atoms with van der Waals surface area (Å²) in [6, 6.07) is 10.3. The fraction of sp³-hybridized carbons (Fsp3) is 0.231. The van der Waals surface area contributed by atoms with Crippen LogP contribution in [0.25, 0.3) is 22.2 Å². The van der Waals surface area contributed by atoms with Crippen LogP contribution >= 0.6 is 0 Å². The van der Waals surface area contributed by atoms with Gasteiger partial charge in [0.2, 0.25) is 0 Å². The van der Waals surface area contributed by atoms with Crippen LogP contribution in [0.2, 0.25) is 0 Å². The first kappa shape index (κ1) is 23.7. The molecule has 0 aliphatic heterocycles. The van der Waals surface area contributed by atoms with Crippen LogP contribution in [0, 0.1) is 23.1 Å². The van der Waals surface area contributed by atoms with Gasteiger partial charge in [0, 0.05) is 49.2 Å². The molecule has 0 aliphatic rings. The standard InChI is InChI=1S/C26H24FN7O/c1-15(11-32-23-9-22(33-14-34-23)18-8-17(10-28)12-30-13-18)16(2)19-4-5-21(27)24-20(26(35)29-3)6-7-31-25(19)24/h4-9,12-16H,11H2,1-3H3,(H,29,35)(H,32,33,34). The highest BCUT2D eigenvalue weighted by atomic mass is 19.1. The molecular formula is C26H24FN7O. The van der Waals surface area contributed by atoms with Gasteiger partial charge in [-0.3, -0.25) is 14.8 Å². The van der Waals surface area contributed by atoms with E-state index in [1.54, 1.807) is 24.4 Å². The number of fused-ring (bicyclic) bond motifs is 1. The van der Waals surface area contributed by atoms with Gasteiger partial charge >= 0.3 is 0 Å². The first-order chi connectivity index (χ1) is 16.9. The number of nitrogens with one attached hydrogen (secondary N) is 2. The number of nitrogens with zero attached hydrogens (tertiary/aromatic N) is 5. The average molecular weight is 470 g/mol. The van der Waals surface area contributed by atoms with Crippen LogP contribution in [0.4, 0.5) is 10.2 Å². The molecule has 4 aromatic rings. The van der Waals surface area contributed by atoms with E-state index in [4.69, 9.17) is 5.26 Å². The maximum absolute atomic E-state index is 14.7. The van der Waals surface area contributed by atoms with Gasteiger partial charge in [0.15, 0.2) is 0 Å². The van der Waals surface area contributed by atoms with Gasteiger partial charge in [-0.05, 0) is 35.6 Å². The Labute approximate surface area is 202 Å². The molecule has 0 spiro atoms. The minimum Gasteiger partial charge on any atom is -0.370 e. The van der Waals surface area contributed by atoms with E-state index >= 15 is 0 Å². The van der Waals surface area contributed by atoms with Crippen molar-refractivity contribution in [2.45, 2.75) is 19.8 Å². The van der Waals surface area contributed by atoms with Gasteiger partial charge in [-0.2, -0.15) is 5.26 Å². The van der Waals surface area contributed by atoms with Crippen LogP contribution in [0.15, 0.2) is 55.2 Å². The molecule has 176 valence electrons. The number of rotatable bonds is 7. The highest BCUT2D eigenvalue weighted by Crippen LogP contribution is 2.32. The molecule has 2 unspecified atom stereocenters. The van der Waals surface area contributed by atoms with Crippen LogP contribution < -0.4 is 10.6 Å². The predicted molar refractivity (Wildman–Crippen MR) is 131 cm³/mol. The fourth-order valence-electron chi connectivity index (χ4n) is 3.94. The number of benzene rings is 1. The van der Waals surface area contributed by atoms with E-state index in [0.29, 0.717) is 29.1 Å². The number of anilines is 1. The number of hydrogen-bond donors (Lipinski definition) is 2. The third kappa shape index (κ3) is 4.92. The second-order valence-corrected chi connectivity index (χ2v) is 8.31. The summed E-state index contributed by atoms with van der Waals surface area (Å²) in [5, 5.41) is 15.2. The molecule has 0 radical (unpaired) electrons. The van der Waals surface area contributed by atoms with Crippen LogP contribution in [0.5, 0.6) is 0 Å². The number of halogens is 1. The Morgan fingerprint density at radius 2 is 1.97 bits per heavy atom. The Morgan fingerprint density at radius 1 is 1.14 bits per heavy atom. The van der Waals surface area contributed by atoms with Crippen molar-refractivity contribution in [1.29, 1.82) is 5.26 Å². The summed E-state index contributed by atoms with van der Waals surface area (Å²) < 4.78 is 14.7. The smallest absolute Gasteiger partial charge is 0.251 e. The lowest BCUT2D eigenvalue weighted by atomic mass is 9.86. The molecule has 0 saturated heterocycles. The molecule has 8 nitrogen and oxygen atoms in total. The summed E-state index contributed by atoms with van der Waals surface area (Å²) in [5.74, 6) is -0.0600. The lowest BCUT2D eigenvalue weighted by Crippen LogP contribution is -2.20. The topological polar surface area (TPSA) is 116 Å². The molecule has 1 aromatic carbocycles. The van der Waals surface area contributed by atoms with E-state index < -0.39 is 5.82 Å². The van der Waals surface area contributed by atoms with Gasteiger partial charge in [0.1, 0.15) is 24.0 Å². The number of carbonyl (C=O) groups is 1. The quantitative estimate of drug-likeness (QED) is 0.414. The Balaban J connectivity index is 1.55. The van der Waals surface area contributed by atoms with Crippen LogP contribution in [0.3, 0.4) is 0 Å². The third-order valence-corrected chi connectivity index (χ3v) is 6.12. The lowest BCUT2D eigenvalue weighted by molar-refractivity contribution is 0.0964. The molecule has 0 saturated carbocycles. The lowest BCUT2D eigenvalue weighted by Gasteiger charge is -2.22. The van der Waals surface area contributed by atoms with E-state index in [9.17, 15) is 9.18 Å².